The van der Waals surface area contributed by atoms with Crippen LogP contribution in [0, 0.1) is 24.0 Å². The molecule has 18 heavy (non-hydrogen) atoms. The molecule has 1 nitrogen and oxygen atoms in total. The van der Waals surface area contributed by atoms with Crippen molar-refractivity contribution in [3.05, 3.63) is 65.2 Å². The molecule has 0 saturated heterocycles. The van der Waals surface area contributed by atoms with Gasteiger partial charge < -0.3 is 4.74 Å². The Morgan fingerprint density at radius 2 is 1.67 bits per heavy atom. The highest BCUT2D eigenvalue weighted by molar-refractivity contribution is 5.39. The summed E-state index contributed by atoms with van der Waals surface area (Å²) in [6.07, 6.45) is 5.08. The molecule has 0 fully saturated rings. The number of ether oxygens (including phenoxy) is 1. The third-order valence-corrected chi connectivity index (χ3v) is 2.39. The van der Waals surface area contributed by atoms with Gasteiger partial charge >= 0.3 is 0 Å². The molecule has 90 valence electrons. The van der Waals surface area contributed by atoms with Crippen LogP contribution in [0.25, 0.3) is 0 Å². The molecule has 0 saturated carbocycles. The van der Waals surface area contributed by atoms with E-state index in [2.05, 4.69) is 5.92 Å². The zero-order chi connectivity index (χ0) is 13.0. The molecule has 3 heteroatoms. The average Bonchev–Trinajstić information content (AvgIpc) is 2.38. The third kappa shape index (κ3) is 2.67. The first kappa shape index (κ1) is 12.1. The van der Waals surface area contributed by atoms with Gasteiger partial charge in [-0.05, 0) is 17.7 Å². The molecule has 0 bridgehead atoms. The normalized spacial score (nSPS) is 9.83. The van der Waals surface area contributed by atoms with Crippen LogP contribution in [0.2, 0.25) is 0 Å². The lowest BCUT2D eigenvalue weighted by molar-refractivity contribution is 0.274. The summed E-state index contributed by atoms with van der Waals surface area (Å²) in [5.74, 6) is 0.184. The Morgan fingerprint density at radius 3 is 2.22 bits per heavy atom. The molecule has 2 aromatic carbocycles. The predicted molar refractivity (Wildman–Crippen MR) is 65.1 cm³/mol. The van der Waals surface area contributed by atoms with Crippen molar-refractivity contribution in [2.75, 3.05) is 0 Å². The van der Waals surface area contributed by atoms with Gasteiger partial charge in [0, 0.05) is 5.56 Å². The zero-order valence-electron chi connectivity index (χ0n) is 9.49. The summed E-state index contributed by atoms with van der Waals surface area (Å²) in [4.78, 5) is 0. The highest BCUT2D eigenvalue weighted by atomic mass is 19.1. The SMILES string of the molecule is C#Cc1cc(F)c(OCc2ccccc2)c(F)c1. The Balaban J connectivity index is 2.18. The highest BCUT2D eigenvalue weighted by Crippen LogP contribution is 2.24. The Kier molecular flexibility index (Phi) is 3.59. The van der Waals surface area contributed by atoms with Crippen molar-refractivity contribution >= 4 is 0 Å². The molecule has 0 aliphatic heterocycles. The zero-order valence-corrected chi connectivity index (χ0v) is 9.49. The van der Waals surface area contributed by atoms with Gasteiger partial charge in [-0.15, -0.1) is 6.42 Å². The van der Waals surface area contributed by atoms with Gasteiger partial charge in [-0.3, -0.25) is 0 Å². The summed E-state index contributed by atoms with van der Waals surface area (Å²) in [7, 11) is 0. The first-order valence-electron chi connectivity index (χ1n) is 5.33. The average molecular weight is 244 g/mol. The molecule has 0 radical (unpaired) electrons. The first-order chi connectivity index (χ1) is 8.70. The van der Waals surface area contributed by atoms with Crippen molar-refractivity contribution in [1.29, 1.82) is 0 Å². The van der Waals surface area contributed by atoms with Gasteiger partial charge in [0.2, 0.25) is 0 Å². The molecular formula is C15H10F2O. The Morgan fingerprint density at radius 1 is 1.06 bits per heavy atom. The van der Waals surface area contributed by atoms with Gasteiger partial charge in [0.25, 0.3) is 0 Å². The van der Waals surface area contributed by atoms with Crippen molar-refractivity contribution in [2.24, 2.45) is 0 Å². The van der Waals surface area contributed by atoms with Crippen molar-refractivity contribution in [3.63, 3.8) is 0 Å². The summed E-state index contributed by atoms with van der Waals surface area (Å²) in [5, 5.41) is 0. The largest absolute Gasteiger partial charge is 0.483 e. The van der Waals surface area contributed by atoms with Crippen LogP contribution in [-0.4, -0.2) is 0 Å². The van der Waals surface area contributed by atoms with E-state index in [1.807, 2.05) is 30.3 Å². The number of rotatable bonds is 3. The molecule has 0 aliphatic carbocycles. The molecule has 2 rings (SSSR count). The topological polar surface area (TPSA) is 9.23 Å². The minimum Gasteiger partial charge on any atom is -0.483 e. The highest BCUT2D eigenvalue weighted by Gasteiger charge is 2.12. The molecule has 0 spiro atoms. The maximum atomic E-state index is 13.5. The first-order valence-corrected chi connectivity index (χ1v) is 5.33. The number of terminal acetylenes is 1. The lowest BCUT2D eigenvalue weighted by atomic mass is 10.2. The van der Waals surface area contributed by atoms with E-state index in [0.29, 0.717) is 0 Å². The van der Waals surface area contributed by atoms with Crippen molar-refractivity contribution in [3.8, 4) is 18.1 Å². The quantitative estimate of drug-likeness (QED) is 0.750. The lowest BCUT2D eigenvalue weighted by Gasteiger charge is -2.08. The van der Waals surface area contributed by atoms with Crippen LogP contribution in [0.15, 0.2) is 42.5 Å². The summed E-state index contributed by atoms with van der Waals surface area (Å²) in [5.41, 5.74) is 0.981. The van der Waals surface area contributed by atoms with Crippen LogP contribution in [0.4, 0.5) is 8.78 Å². The number of benzene rings is 2. The maximum Gasteiger partial charge on any atom is 0.191 e. The predicted octanol–water partition coefficient (Wildman–Crippen LogP) is 3.53. The summed E-state index contributed by atoms with van der Waals surface area (Å²) in [6, 6.07) is 11.3. The summed E-state index contributed by atoms with van der Waals surface area (Å²) >= 11 is 0. The van der Waals surface area contributed by atoms with E-state index in [-0.39, 0.29) is 12.2 Å². The second kappa shape index (κ2) is 5.33. The van der Waals surface area contributed by atoms with Crippen molar-refractivity contribution < 1.29 is 13.5 Å². The minimum atomic E-state index is -0.793. The standard InChI is InChI=1S/C15H10F2O/c1-2-11-8-13(16)15(14(17)9-11)18-10-12-6-4-3-5-7-12/h1,3-9H,10H2. The van der Waals surface area contributed by atoms with Crippen LogP contribution >= 0.6 is 0 Å². The van der Waals surface area contributed by atoms with E-state index >= 15 is 0 Å². The van der Waals surface area contributed by atoms with Gasteiger partial charge in [0.1, 0.15) is 6.61 Å². The van der Waals surface area contributed by atoms with Gasteiger partial charge in [0.15, 0.2) is 17.4 Å². The van der Waals surface area contributed by atoms with Gasteiger partial charge in [-0.2, -0.15) is 0 Å². The molecule has 0 aliphatic rings. The van der Waals surface area contributed by atoms with Crippen molar-refractivity contribution in [2.45, 2.75) is 6.61 Å². The van der Waals surface area contributed by atoms with E-state index in [0.717, 1.165) is 17.7 Å². The molecule has 0 atom stereocenters. The Labute approximate surface area is 104 Å². The molecule has 0 heterocycles. The second-order valence-electron chi connectivity index (χ2n) is 3.69. The van der Waals surface area contributed by atoms with Crippen LogP contribution in [0.1, 0.15) is 11.1 Å². The van der Waals surface area contributed by atoms with Crippen LogP contribution in [0.3, 0.4) is 0 Å². The number of hydrogen-bond donors (Lipinski definition) is 0. The molecule has 0 N–H and O–H groups in total. The molecular weight excluding hydrogens is 234 g/mol. The number of hydrogen-bond acceptors (Lipinski definition) is 1. The Bertz CT molecular complexity index is 562. The molecule has 0 amide bonds. The molecule has 2 aromatic rings. The second-order valence-corrected chi connectivity index (χ2v) is 3.69. The van der Waals surface area contributed by atoms with E-state index in [4.69, 9.17) is 11.2 Å². The van der Waals surface area contributed by atoms with Crippen LogP contribution < -0.4 is 4.74 Å². The summed E-state index contributed by atoms with van der Waals surface area (Å²) in [6.45, 7) is 0.101. The third-order valence-electron chi connectivity index (χ3n) is 2.39. The minimum absolute atomic E-state index is 0.101. The lowest BCUT2D eigenvalue weighted by Crippen LogP contribution is -2.00. The van der Waals surface area contributed by atoms with Gasteiger partial charge in [-0.1, -0.05) is 36.3 Å². The monoisotopic (exact) mass is 244 g/mol. The fourth-order valence-corrected chi connectivity index (χ4v) is 1.51. The van der Waals surface area contributed by atoms with E-state index in [1.165, 1.54) is 0 Å². The smallest absolute Gasteiger partial charge is 0.191 e. The van der Waals surface area contributed by atoms with Gasteiger partial charge in [-0.25, -0.2) is 8.78 Å². The molecule has 0 aromatic heterocycles. The van der Waals surface area contributed by atoms with E-state index < -0.39 is 17.4 Å². The van der Waals surface area contributed by atoms with E-state index in [9.17, 15) is 8.78 Å². The maximum absolute atomic E-state index is 13.5. The number of halogens is 2. The van der Waals surface area contributed by atoms with Gasteiger partial charge in [0.05, 0.1) is 0 Å². The summed E-state index contributed by atoms with van der Waals surface area (Å²) < 4.78 is 32.2. The fourth-order valence-electron chi connectivity index (χ4n) is 1.51. The molecule has 0 unspecified atom stereocenters. The fraction of sp³-hybridized carbons (Fsp3) is 0.0667. The van der Waals surface area contributed by atoms with E-state index in [1.54, 1.807) is 0 Å². The Hall–Kier alpha value is -2.34. The van der Waals surface area contributed by atoms with Crippen LogP contribution in [-0.2, 0) is 6.61 Å². The van der Waals surface area contributed by atoms with Crippen molar-refractivity contribution in [1.82, 2.24) is 0 Å². The van der Waals surface area contributed by atoms with Crippen LogP contribution in [0.5, 0.6) is 5.75 Å².